The van der Waals surface area contributed by atoms with E-state index in [4.69, 9.17) is 11.6 Å². The minimum atomic E-state index is -3.14. The lowest BCUT2D eigenvalue weighted by molar-refractivity contribution is -0.0177. The monoisotopic (exact) mass is 635 g/mol. The molecule has 41 heavy (non-hydrogen) atoms. The molecule has 0 bridgehead atoms. The van der Waals surface area contributed by atoms with Gasteiger partial charge in [0, 0.05) is 61.5 Å². The number of aliphatic hydroxyl groups is 2. The summed E-state index contributed by atoms with van der Waals surface area (Å²) in [4.78, 5) is 2.34. The Hall–Kier alpha value is -0.0300. The third-order valence-corrected chi connectivity index (χ3v) is 13.6. The number of hydrogen-bond donors (Lipinski definition) is 7. The lowest BCUT2D eigenvalue weighted by atomic mass is 9.88. The molecule has 5 rings (SSSR count). The van der Waals surface area contributed by atoms with Gasteiger partial charge >= 0.3 is 0 Å². The fraction of sp³-hybridized carbons (Fsp3) is 0.926. The Labute approximate surface area is 254 Å². The van der Waals surface area contributed by atoms with Gasteiger partial charge in [-0.2, -0.15) is 0 Å². The number of nitrogens with zero attached hydrogens (tertiary/aromatic N) is 2. The Morgan fingerprint density at radius 1 is 1.12 bits per heavy atom. The van der Waals surface area contributed by atoms with E-state index in [1.807, 2.05) is 6.08 Å². The van der Waals surface area contributed by atoms with Crippen molar-refractivity contribution in [3.63, 3.8) is 0 Å². The van der Waals surface area contributed by atoms with E-state index < -0.39 is 22.4 Å². The predicted molar refractivity (Wildman–Crippen MR) is 165 cm³/mol. The van der Waals surface area contributed by atoms with Gasteiger partial charge in [-0.05, 0) is 58.9 Å². The Balaban J connectivity index is 1.05. The van der Waals surface area contributed by atoms with Crippen LogP contribution in [0.1, 0.15) is 52.4 Å². The van der Waals surface area contributed by atoms with Crippen molar-refractivity contribution in [3.05, 3.63) is 12.2 Å². The van der Waals surface area contributed by atoms with Gasteiger partial charge in [0.15, 0.2) is 16.2 Å². The number of aliphatic hydroxyl groups excluding tert-OH is 2. The van der Waals surface area contributed by atoms with Gasteiger partial charge in [0.25, 0.3) is 0 Å². The number of alkyl halides is 1. The SMILES string of the molecule is CC1CC(C)N(C2C=CC(Cl)C(C(O)NC(O)NC3NC4CCC(S(=O)(=O)CCCN5CCNCC5)CC4S3)C2)N1. The molecule has 11 unspecified atom stereocenters. The molecule has 0 aromatic carbocycles. The molecule has 11 atom stereocenters. The molecule has 7 N–H and O–H groups in total. The Morgan fingerprint density at radius 3 is 2.63 bits per heavy atom. The zero-order valence-corrected chi connectivity index (χ0v) is 26.7. The van der Waals surface area contributed by atoms with Gasteiger partial charge in [-0.15, -0.1) is 23.4 Å². The van der Waals surface area contributed by atoms with E-state index in [-0.39, 0.29) is 45.1 Å². The smallest absolute Gasteiger partial charge is 0.164 e. The first-order valence-corrected chi connectivity index (χ1v) is 18.5. The molecule has 4 fully saturated rings. The third kappa shape index (κ3) is 8.37. The van der Waals surface area contributed by atoms with Crippen LogP contribution in [0.15, 0.2) is 12.2 Å². The molecule has 0 radical (unpaired) electrons. The molecule has 3 saturated heterocycles. The van der Waals surface area contributed by atoms with Gasteiger partial charge in [-0.3, -0.25) is 21.4 Å². The number of halogens is 1. The number of rotatable bonds is 11. The molecule has 236 valence electrons. The first kappa shape index (κ1) is 32.4. The van der Waals surface area contributed by atoms with Crippen LogP contribution in [0.5, 0.6) is 0 Å². The highest BCUT2D eigenvalue weighted by Gasteiger charge is 2.43. The van der Waals surface area contributed by atoms with Crippen LogP contribution in [0.3, 0.4) is 0 Å². The number of hydrazine groups is 1. The number of piperazine rings is 1. The Morgan fingerprint density at radius 2 is 1.90 bits per heavy atom. The quantitative estimate of drug-likeness (QED) is 0.0928. The summed E-state index contributed by atoms with van der Waals surface area (Å²) in [5.41, 5.74) is 3.28. The van der Waals surface area contributed by atoms with Crippen LogP contribution in [0.4, 0.5) is 0 Å². The maximum absolute atomic E-state index is 13.1. The largest absolute Gasteiger partial charge is 0.378 e. The fourth-order valence-corrected chi connectivity index (χ4v) is 11.0. The van der Waals surface area contributed by atoms with Gasteiger partial charge in [0.05, 0.1) is 16.4 Å². The van der Waals surface area contributed by atoms with E-state index >= 15 is 0 Å². The van der Waals surface area contributed by atoms with E-state index in [0.717, 1.165) is 45.6 Å². The van der Waals surface area contributed by atoms with Crippen LogP contribution in [-0.4, -0.2) is 125 Å². The second-order valence-electron chi connectivity index (χ2n) is 12.6. The molecule has 14 heteroatoms. The minimum Gasteiger partial charge on any atom is -0.378 e. The summed E-state index contributed by atoms with van der Waals surface area (Å²) in [6.45, 7) is 9.13. The number of hydrogen-bond acceptors (Lipinski definition) is 12. The van der Waals surface area contributed by atoms with Crippen molar-refractivity contribution in [1.82, 2.24) is 36.6 Å². The summed E-state index contributed by atoms with van der Waals surface area (Å²) < 4.78 is 26.3. The maximum Gasteiger partial charge on any atom is 0.164 e. The zero-order chi connectivity index (χ0) is 29.1. The van der Waals surface area contributed by atoms with E-state index in [0.29, 0.717) is 37.8 Å². The molecule has 0 spiro atoms. The molecule has 3 aliphatic heterocycles. The molecule has 0 aromatic rings. The van der Waals surface area contributed by atoms with E-state index in [2.05, 4.69) is 56.5 Å². The molecule has 0 aromatic heterocycles. The van der Waals surface area contributed by atoms with Gasteiger partial charge in [0.2, 0.25) is 0 Å². The molecule has 2 aliphatic carbocycles. The van der Waals surface area contributed by atoms with Crippen molar-refractivity contribution in [2.24, 2.45) is 5.92 Å². The summed E-state index contributed by atoms with van der Waals surface area (Å²) in [6, 6.07) is 1.14. The summed E-state index contributed by atoms with van der Waals surface area (Å²) in [7, 11) is -3.14. The number of sulfone groups is 1. The van der Waals surface area contributed by atoms with E-state index in [1.54, 1.807) is 11.8 Å². The second-order valence-corrected chi connectivity index (χ2v) is 16.8. The molecule has 5 aliphatic rings. The number of nitrogens with one attached hydrogen (secondary N) is 5. The second kappa shape index (κ2) is 14.4. The maximum atomic E-state index is 13.1. The van der Waals surface area contributed by atoms with Crippen LogP contribution in [0.2, 0.25) is 0 Å². The van der Waals surface area contributed by atoms with Crippen molar-refractivity contribution in [2.75, 3.05) is 38.5 Å². The lowest BCUT2D eigenvalue weighted by Crippen LogP contribution is -2.57. The summed E-state index contributed by atoms with van der Waals surface area (Å²) >= 11 is 8.21. The van der Waals surface area contributed by atoms with Crippen LogP contribution >= 0.6 is 23.4 Å². The van der Waals surface area contributed by atoms with Crippen LogP contribution in [0.25, 0.3) is 0 Å². The van der Waals surface area contributed by atoms with Gasteiger partial charge in [-0.25, -0.2) is 13.4 Å². The Bertz CT molecular complexity index is 991. The molecular weight excluding hydrogens is 586 g/mol. The standard InChI is InChI=1S/C27H50ClN7O4S2/c1-17-14-18(2)35(33-17)19-4-6-22(28)21(15-19)25(36)31-26(37)32-27-30-23-7-5-20(16-24(23)40-27)41(38,39)13-3-10-34-11-8-29-9-12-34/h4,6,17-27,29-33,36-37H,3,5,7-16H2,1-2H3. The van der Waals surface area contributed by atoms with Crippen molar-refractivity contribution >= 4 is 33.2 Å². The number of fused-ring (bicyclic) bond motifs is 1. The average Bonchev–Trinajstić information content (AvgIpc) is 3.49. The third-order valence-electron chi connectivity index (χ3n) is 9.42. The molecular formula is C27H50ClN7O4S2. The van der Waals surface area contributed by atoms with Crippen molar-refractivity contribution in [1.29, 1.82) is 0 Å². The van der Waals surface area contributed by atoms with Crippen LogP contribution in [-0.2, 0) is 9.84 Å². The van der Waals surface area contributed by atoms with Crippen molar-refractivity contribution in [2.45, 2.75) is 110 Å². The number of allylic oxidation sites excluding steroid dienone is 1. The summed E-state index contributed by atoms with van der Waals surface area (Å²) in [5.74, 6) is -0.0126. The van der Waals surface area contributed by atoms with Crippen LogP contribution in [0, 0.1) is 5.92 Å². The minimum absolute atomic E-state index is 0.123. The summed E-state index contributed by atoms with van der Waals surface area (Å²) in [6.07, 6.45) is 6.45. The average molecular weight is 636 g/mol. The van der Waals surface area contributed by atoms with Gasteiger partial charge in [0.1, 0.15) is 11.7 Å². The molecule has 3 heterocycles. The molecule has 0 amide bonds. The normalized spacial score (nSPS) is 40.5. The van der Waals surface area contributed by atoms with E-state index in [9.17, 15) is 18.6 Å². The first-order valence-electron chi connectivity index (χ1n) is 15.4. The summed E-state index contributed by atoms with van der Waals surface area (Å²) in [5, 5.41) is 36.4. The van der Waals surface area contributed by atoms with Crippen molar-refractivity contribution < 1.29 is 18.6 Å². The highest BCUT2D eigenvalue weighted by molar-refractivity contribution is 8.00. The first-order chi connectivity index (χ1) is 19.6. The Kier molecular flexibility index (Phi) is 11.4. The zero-order valence-electron chi connectivity index (χ0n) is 24.3. The number of thioether (sulfide) groups is 1. The van der Waals surface area contributed by atoms with E-state index in [1.165, 1.54) is 0 Å². The van der Waals surface area contributed by atoms with Gasteiger partial charge in [-0.1, -0.05) is 12.2 Å². The predicted octanol–water partition coefficient (Wildman–Crippen LogP) is -0.0809. The topological polar surface area (TPSA) is 141 Å². The fourth-order valence-electron chi connectivity index (χ4n) is 7.18. The van der Waals surface area contributed by atoms with Crippen LogP contribution < -0.4 is 26.7 Å². The highest BCUT2D eigenvalue weighted by atomic mass is 35.5. The van der Waals surface area contributed by atoms with Crippen molar-refractivity contribution in [3.8, 4) is 0 Å². The highest BCUT2D eigenvalue weighted by Crippen LogP contribution is 2.38. The molecule has 1 saturated carbocycles. The lowest BCUT2D eigenvalue weighted by Gasteiger charge is -2.38. The molecule has 11 nitrogen and oxygen atoms in total. The van der Waals surface area contributed by atoms with Gasteiger partial charge < -0.3 is 20.4 Å².